The number of fused-ring (bicyclic) bond motifs is 3. The van der Waals surface area contributed by atoms with Crippen LogP contribution < -0.4 is 4.73 Å². The van der Waals surface area contributed by atoms with Gasteiger partial charge in [0, 0.05) is 16.5 Å². The van der Waals surface area contributed by atoms with Crippen molar-refractivity contribution in [3.63, 3.8) is 0 Å². The van der Waals surface area contributed by atoms with E-state index >= 15 is 0 Å². The van der Waals surface area contributed by atoms with Crippen LogP contribution in [0.25, 0.3) is 33.3 Å². The second kappa shape index (κ2) is 4.51. The predicted molar refractivity (Wildman–Crippen MR) is 88.3 cm³/mol. The Labute approximate surface area is 134 Å². The molecule has 0 unspecified atom stereocenters. The van der Waals surface area contributed by atoms with Crippen LogP contribution in [0.1, 0.15) is 43.8 Å². The molecular weight excluding hydrogens is 288 g/mol. The molecule has 0 spiro atoms. The first-order valence-corrected chi connectivity index (χ1v) is 8.37. The molecule has 1 heterocycles. The van der Waals surface area contributed by atoms with E-state index in [-0.39, 0.29) is 5.92 Å². The number of hydrogen-bond acceptors (Lipinski definition) is 2. The number of nitrogens with zero attached hydrogens (tertiary/aromatic N) is 2. The Morgan fingerprint density at radius 3 is 2.43 bits per heavy atom. The Morgan fingerprint density at radius 2 is 1.70 bits per heavy atom. The monoisotopic (exact) mass is 306 g/mol. The van der Waals surface area contributed by atoms with Crippen molar-refractivity contribution in [1.82, 2.24) is 4.73 Å². The minimum atomic E-state index is 0.156. The number of hydrogen-bond donors (Lipinski definition) is 1. The third-order valence-corrected chi connectivity index (χ3v) is 5.45. The molecular formula is C19H18N2O2. The number of imidazole rings is 1. The maximum Gasteiger partial charge on any atom is 0.303 e. The molecule has 3 aromatic rings. The molecule has 1 saturated carbocycles. The Morgan fingerprint density at radius 1 is 1.00 bits per heavy atom. The van der Waals surface area contributed by atoms with Gasteiger partial charge in [-0.25, -0.2) is 4.73 Å². The summed E-state index contributed by atoms with van der Waals surface area (Å²) in [4.78, 5) is 0. The lowest BCUT2D eigenvalue weighted by Crippen LogP contribution is -2.35. The van der Waals surface area contributed by atoms with Gasteiger partial charge in [-0.3, -0.25) is 0 Å². The molecule has 0 bridgehead atoms. The molecule has 1 N–H and O–H groups in total. The summed E-state index contributed by atoms with van der Waals surface area (Å²) in [5.41, 5.74) is 3.17. The lowest BCUT2D eigenvalue weighted by Gasteiger charge is -2.20. The lowest BCUT2D eigenvalue weighted by molar-refractivity contribution is -0.606. The van der Waals surface area contributed by atoms with Crippen molar-refractivity contribution in [3.05, 3.63) is 47.4 Å². The third kappa shape index (κ3) is 1.58. The molecule has 1 aromatic heterocycles. The molecule has 0 atom stereocenters. The van der Waals surface area contributed by atoms with Crippen molar-refractivity contribution in [3.8, 4) is 22.5 Å². The standard InChI is InChI=1S/C19H18N2O2/c22-20-17-14-10-4-8-12-9-5-11-15(16(12)14)18(17)21(23)19(20)13-6-2-1-3-7-13/h4-5,8-11,13,22H,1-3,6-7H2. The summed E-state index contributed by atoms with van der Waals surface area (Å²) in [6.45, 7) is 0. The van der Waals surface area contributed by atoms with Crippen LogP contribution in [0, 0.1) is 5.21 Å². The van der Waals surface area contributed by atoms with Crippen LogP contribution in [0.15, 0.2) is 36.4 Å². The van der Waals surface area contributed by atoms with Crippen LogP contribution in [-0.4, -0.2) is 9.94 Å². The van der Waals surface area contributed by atoms with Gasteiger partial charge in [0.1, 0.15) is 0 Å². The summed E-state index contributed by atoms with van der Waals surface area (Å²) in [6, 6.07) is 12.0. The van der Waals surface area contributed by atoms with E-state index in [9.17, 15) is 10.4 Å². The molecule has 4 heteroatoms. The van der Waals surface area contributed by atoms with Crippen molar-refractivity contribution in [1.29, 1.82) is 0 Å². The quantitative estimate of drug-likeness (QED) is 0.325. The first-order chi connectivity index (χ1) is 11.3. The van der Waals surface area contributed by atoms with Crippen molar-refractivity contribution in [2.45, 2.75) is 38.0 Å². The molecule has 4 nitrogen and oxygen atoms in total. The fourth-order valence-electron chi connectivity index (χ4n) is 4.43. The molecule has 116 valence electrons. The van der Waals surface area contributed by atoms with Gasteiger partial charge < -0.3 is 10.4 Å². The van der Waals surface area contributed by atoms with Gasteiger partial charge in [-0.2, -0.15) is 0 Å². The highest BCUT2D eigenvalue weighted by Crippen LogP contribution is 2.47. The Bertz CT molecular complexity index is 874. The van der Waals surface area contributed by atoms with Gasteiger partial charge in [-0.1, -0.05) is 43.5 Å². The fraction of sp³-hybridized carbons (Fsp3) is 0.316. The van der Waals surface area contributed by atoms with Crippen molar-refractivity contribution >= 4 is 10.8 Å². The molecule has 0 saturated heterocycles. The minimum absolute atomic E-state index is 0.156. The van der Waals surface area contributed by atoms with Gasteiger partial charge >= 0.3 is 5.82 Å². The van der Waals surface area contributed by atoms with E-state index < -0.39 is 0 Å². The number of benzene rings is 2. The van der Waals surface area contributed by atoms with Crippen molar-refractivity contribution < 1.29 is 9.94 Å². The maximum absolute atomic E-state index is 13.0. The lowest BCUT2D eigenvalue weighted by atomic mass is 9.89. The number of aromatic nitrogens is 2. The van der Waals surface area contributed by atoms with Gasteiger partial charge in [-0.15, -0.1) is 0 Å². The normalized spacial score (nSPS) is 16.9. The van der Waals surface area contributed by atoms with Gasteiger partial charge in [-0.05, 0) is 35.1 Å². The predicted octanol–water partition coefficient (Wildman–Crippen LogP) is 4.21. The van der Waals surface area contributed by atoms with Gasteiger partial charge in [0.2, 0.25) is 5.69 Å². The zero-order valence-electron chi connectivity index (χ0n) is 12.8. The molecule has 0 aliphatic heterocycles. The molecule has 5 rings (SSSR count). The topological polar surface area (TPSA) is 52.1 Å². The molecule has 23 heavy (non-hydrogen) atoms. The summed E-state index contributed by atoms with van der Waals surface area (Å²) < 4.78 is 2.16. The highest BCUT2D eigenvalue weighted by Gasteiger charge is 2.40. The van der Waals surface area contributed by atoms with E-state index in [1.54, 1.807) is 0 Å². The van der Waals surface area contributed by atoms with Gasteiger partial charge in [0.25, 0.3) is 0 Å². The van der Waals surface area contributed by atoms with E-state index in [4.69, 9.17) is 0 Å². The smallest absolute Gasteiger partial charge is 0.303 e. The first kappa shape index (κ1) is 13.0. The Kier molecular flexibility index (Phi) is 2.55. The van der Waals surface area contributed by atoms with Crippen molar-refractivity contribution in [2.75, 3.05) is 0 Å². The maximum atomic E-state index is 13.0. The summed E-state index contributed by atoms with van der Waals surface area (Å²) in [5.74, 6) is 0.671. The summed E-state index contributed by atoms with van der Waals surface area (Å²) in [5, 5.41) is 26.0. The zero-order valence-corrected chi connectivity index (χ0v) is 12.8. The second-order valence-corrected chi connectivity index (χ2v) is 6.71. The van der Waals surface area contributed by atoms with Gasteiger partial charge in [0.15, 0.2) is 5.69 Å². The highest BCUT2D eigenvalue weighted by atomic mass is 16.5. The van der Waals surface area contributed by atoms with Crippen LogP contribution in [0.2, 0.25) is 0 Å². The SMILES string of the molecule is [O-][n+]1c2c(n(O)c1C1CCCCC1)-c1cccc3cccc-2c13. The van der Waals surface area contributed by atoms with Crippen molar-refractivity contribution in [2.24, 2.45) is 0 Å². The molecule has 0 amide bonds. The van der Waals surface area contributed by atoms with Crippen LogP contribution >= 0.6 is 0 Å². The zero-order chi connectivity index (χ0) is 15.6. The summed E-state index contributed by atoms with van der Waals surface area (Å²) >= 11 is 0. The van der Waals surface area contributed by atoms with E-state index in [1.165, 1.54) is 11.2 Å². The average molecular weight is 306 g/mol. The van der Waals surface area contributed by atoms with E-state index in [0.717, 1.165) is 52.3 Å². The molecule has 1 fully saturated rings. The van der Waals surface area contributed by atoms with E-state index in [2.05, 4.69) is 0 Å². The van der Waals surface area contributed by atoms with Crippen LogP contribution in [0.3, 0.4) is 0 Å². The Balaban J connectivity index is 1.80. The molecule has 2 aromatic carbocycles. The van der Waals surface area contributed by atoms with Crippen LogP contribution in [-0.2, 0) is 0 Å². The molecule has 2 aliphatic rings. The number of rotatable bonds is 1. The first-order valence-electron chi connectivity index (χ1n) is 8.37. The fourth-order valence-corrected chi connectivity index (χ4v) is 4.43. The largest absolute Gasteiger partial charge is 0.710 e. The third-order valence-electron chi connectivity index (χ3n) is 5.45. The molecule has 0 radical (unpaired) electrons. The van der Waals surface area contributed by atoms with E-state index in [0.29, 0.717) is 17.2 Å². The second-order valence-electron chi connectivity index (χ2n) is 6.71. The van der Waals surface area contributed by atoms with Crippen LogP contribution in [0.5, 0.6) is 0 Å². The summed E-state index contributed by atoms with van der Waals surface area (Å²) in [6.07, 6.45) is 5.46. The minimum Gasteiger partial charge on any atom is -0.710 e. The van der Waals surface area contributed by atoms with Gasteiger partial charge in [0.05, 0.1) is 5.92 Å². The van der Waals surface area contributed by atoms with E-state index in [1.807, 2.05) is 36.4 Å². The Hall–Kier alpha value is -2.49. The van der Waals surface area contributed by atoms with Crippen LogP contribution in [0.4, 0.5) is 0 Å². The molecule has 2 aliphatic carbocycles. The highest BCUT2D eigenvalue weighted by molar-refractivity contribution is 6.12. The summed E-state index contributed by atoms with van der Waals surface area (Å²) in [7, 11) is 0. The average Bonchev–Trinajstić information content (AvgIpc) is 3.05.